The number of carbonyl (C=O) groups is 2. The molecule has 0 atom stereocenters. The normalized spacial score (nSPS) is 10.2. The molecule has 0 fully saturated rings. The van der Waals surface area contributed by atoms with Crippen molar-refractivity contribution >= 4 is 29.1 Å². The molecule has 2 N–H and O–H groups in total. The zero-order chi connectivity index (χ0) is 17.4. The van der Waals surface area contributed by atoms with Gasteiger partial charge in [0.15, 0.2) is 0 Å². The van der Waals surface area contributed by atoms with Crippen LogP contribution in [0.15, 0.2) is 48.5 Å². The average Bonchev–Trinajstić information content (AvgIpc) is 2.55. The van der Waals surface area contributed by atoms with Gasteiger partial charge in [-0.05, 0) is 29.8 Å². The molecule has 0 aliphatic rings. The van der Waals surface area contributed by atoms with E-state index < -0.39 is 0 Å². The first-order valence-corrected chi connectivity index (χ1v) is 7.88. The van der Waals surface area contributed by atoms with Crippen LogP contribution in [0.3, 0.4) is 0 Å². The van der Waals surface area contributed by atoms with Crippen LogP contribution in [0.25, 0.3) is 0 Å². The Morgan fingerprint density at radius 1 is 1.12 bits per heavy atom. The number of amides is 2. The van der Waals surface area contributed by atoms with Crippen LogP contribution in [0.2, 0.25) is 5.02 Å². The number of methoxy groups -OCH3 is 1. The van der Waals surface area contributed by atoms with Crippen LogP contribution in [0, 0.1) is 0 Å². The monoisotopic (exact) mass is 346 g/mol. The minimum absolute atomic E-state index is 0.181. The summed E-state index contributed by atoms with van der Waals surface area (Å²) in [6.45, 7) is 0.829. The van der Waals surface area contributed by atoms with Gasteiger partial charge in [-0.25, -0.2) is 0 Å². The van der Waals surface area contributed by atoms with Crippen molar-refractivity contribution in [2.45, 2.75) is 6.42 Å². The van der Waals surface area contributed by atoms with Crippen LogP contribution in [-0.4, -0.2) is 32.1 Å². The van der Waals surface area contributed by atoms with E-state index in [2.05, 4.69) is 10.6 Å². The van der Waals surface area contributed by atoms with E-state index in [1.165, 1.54) is 0 Å². The molecule has 0 saturated carbocycles. The maximum atomic E-state index is 12.2. The highest BCUT2D eigenvalue weighted by Gasteiger charge is 2.13. The van der Waals surface area contributed by atoms with Crippen molar-refractivity contribution in [1.82, 2.24) is 5.32 Å². The molecule has 2 rings (SSSR count). The van der Waals surface area contributed by atoms with Crippen molar-refractivity contribution in [2.24, 2.45) is 0 Å². The molecule has 0 radical (unpaired) electrons. The van der Waals surface area contributed by atoms with Crippen molar-refractivity contribution in [3.05, 3.63) is 64.7 Å². The van der Waals surface area contributed by atoms with Gasteiger partial charge in [-0.1, -0.05) is 35.9 Å². The Balaban J connectivity index is 2.03. The summed E-state index contributed by atoms with van der Waals surface area (Å²) in [5.74, 6) is -0.472. The smallest absolute Gasteiger partial charge is 0.253 e. The SMILES string of the molecule is COCCNC(=O)c1ccccc1NC(=O)Cc1cccc(Cl)c1. The molecular weight excluding hydrogens is 328 g/mol. The van der Waals surface area contributed by atoms with Crippen LogP contribution < -0.4 is 10.6 Å². The predicted octanol–water partition coefficient (Wildman–Crippen LogP) is 2.90. The first-order chi connectivity index (χ1) is 11.6. The summed E-state index contributed by atoms with van der Waals surface area (Å²) < 4.78 is 4.90. The van der Waals surface area contributed by atoms with E-state index >= 15 is 0 Å². The third-order valence-corrected chi connectivity index (χ3v) is 3.53. The first-order valence-electron chi connectivity index (χ1n) is 7.50. The molecule has 24 heavy (non-hydrogen) atoms. The third kappa shape index (κ3) is 5.37. The van der Waals surface area contributed by atoms with Crippen molar-refractivity contribution in [2.75, 3.05) is 25.6 Å². The minimum atomic E-state index is -0.259. The van der Waals surface area contributed by atoms with E-state index in [0.29, 0.717) is 29.4 Å². The summed E-state index contributed by atoms with van der Waals surface area (Å²) in [6, 6.07) is 14.0. The highest BCUT2D eigenvalue weighted by Crippen LogP contribution is 2.16. The van der Waals surface area contributed by atoms with Crippen molar-refractivity contribution < 1.29 is 14.3 Å². The van der Waals surface area contributed by atoms with Gasteiger partial charge < -0.3 is 15.4 Å². The fourth-order valence-corrected chi connectivity index (χ4v) is 2.39. The molecule has 6 heteroatoms. The van der Waals surface area contributed by atoms with Crippen LogP contribution in [-0.2, 0) is 16.0 Å². The molecule has 2 amide bonds. The van der Waals surface area contributed by atoms with Gasteiger partial charge in [0.25, 0.3) is 5.91 Å². The molecule has 0 spiro atoms. The number of benzene rings is 2. The van der Waals surface area contributed by atoms with Gasteiger partial charge in [-0.3, -0.25) is 9.59 Å². The fourth-order valence-electron chi connectivity index (χ4n) is 2.18. The number of carbonyl (C=O) groups excluding carboxylic acids is 2. The van der Waals surface area contributed by atoms with E-state index in [0.717, 1.165) is 5.56 Å². The Labute approximate surface area is 146 Å². The molecule has 0 saturated heterocycles. The van der Waals surface area contributed by atoms with Crippen molar-refractivity contribution in [3.63, 3.8) is 0 Å². The van der Waals surface area contributed by atoms with E-state index in [4.69, 9.17) is 16.3 Å². The fraction of sp³-hybridized carbons (Fsp3) is 0.222. The summed E-state index contributed by atoms with van der Waals surface area (Å²) in [4.78, 5) is 24.4. The van der Waals surface area contributed by atoms with Crippen LogP contribution in [0.4, 0.5) is 5.69 Å². The molecule has 0 aromatic heterocycles. The Morgan fingerprint density at radius 3 is 2.67 bits per heavy atom. The van der Waals surface area contributed by atoms with Crippen molar-refractivity contribution in [1.29, 1.82) is 0 Å². The number of hydrogen-bond acceptors (Lipinski definition) is 3. The molecule has 0 aliphatic carbocycles. The third-order valence-electron chi connectivity index (χ3n) is 3.29. The number of anilines is 1. The van der Waals surface area contributed by atoms with Gasteiger partial charge in [0, 0.05) is 18.7 Å². The number of para-hydroxylation sites is 1. The standard InChI is InChI=1S/C18H19ClN2O3/c1-24-10-9-20-18(23)15-7-2-3-8-16(15)21-17(22)12-13-5-4-6-14(19)11-13/h2-8,11H,9-10,12H2,1H3,(H,20,23)(H,21,22). The maximum absolute atomic E-state index is 12.2. The minimum Gasteiger partial charge on any atom is -0.383 e. The summed E-state index contributed by atoms with van der Waals surface area (Å²) >= 11 is 5.92. The van der Waals surface area contributed by atoms with E-state index in [1.54, 1.807) is 49.6 Å². The Bertz CT molecular complexity index is 719. The first kappa shape index (κ1) is 18.0. The maximum Gasteiger partial charge on any atom is 0.253 e. The zero-order valence-corrected chi connectivity index (χ0v) is 14.1. The second kappa shape index (κ2) is 9.05. The summed E-state index contributed by atoms with van der Waals surface area (Å²) in [5, 5.41) is 6.10. The molecule has 0 aliphatic heterocycles. The van der Waals surface area contributed by atoms with Crippen LogP contribution in [0.1, 0.15) is 15.9 Å². The molecule has 2 aromatic rings. The lowest BCUT2D eigenvalue weighted by atomic mass is 10.1. The molecule has 126 valence electrons. The number of rotatable bonds is 7. The second-order valence-corrected chi connectivity index (χ2v) is 5.59. The van der Waals surface area contributed by atoms with E-state index in [-0.39, 0.29) is 18.2 Å². The highest BCUT2D eigenvalue weighted by atomic mass is 35.5. The number of halogens is 1. The van der Waals surface area contributed by atoms with Crippen LogP contribution in [0.5, 0.6) is 0 Å². The molecular formula is C18H19ClN2O3. The van der Waals surface area contributed by atoms with Crippen molar-refractivity contribution in [3.8, 4) is 0 Å². The topological polar surface area (TPSA) is 67.4 Å². The lowest BCUT2D eigenvalue weighted by molar-refractivity contribution is -0.115. The zero-order valence-electron chi connectivity index (χ0n) is 13.3. The Morgan fingerprint density at radius 2 is 1.92 bits per heavy atom. The van der Waals surface area contributed by atoms with E-state index in [1.807, 2.05) is 6.07 Å². The molecule has 0 unspecified atom stereocenters. The summed E-state index contributed by atoms with van der Waals surface area (Å²) in [6.07, 6.45) is 0.181. The quantitative estimate of drug-likeness (QED) is 0.757. The average molecular weight is 347 g/mol. The van der Waals surface area contributed by atoms with E-state index in [9.17, 15) is 9.59 Å². The lowest BCUT2D eigenvalue weighted by Crippen LogP contribution is -2.28. The number of hydrogen-bond donors (Lipinski definition) is 2. The molecule has 5 nitrogen and oxygen atoms in total. The lowest BCUT2D eigenvalue weighted by Gasteiger charge is -2.11. The van der Waals surface area contributed by atoms with Gasteiger partial charge in [0.05, 0.1) is 24.3 Å². The number of ether oxygens (including phenoxy) is 1. The van der Waals surface area contributed by atoms with Gasteiger partial charge in [-0.15, -0.1) is 0 Å². The molecule has 0 bridgehead atoms. The van der Waals surface area contributed by atoms with Crippen LogP contribution >= 0.6 is 11.6 Å². The summed E-state index contributed by atoms with van der Waals surface area (Å²) in [5.41, 5.74) is 1.69. The highest BCUT2D eigenvalue weighted by molar-refractivity contribution is 6.30. The predicted molar refractivity (Wildman–Crippen MR) is 94.4 cm³/mol. The van der Waals surface area contributed by atoms with Gasteiger partial charge >= 0.3 is 0 Å². The largest absolute Gasteiger partial charge is 0.383 e. The van der Waals surface area contributed by atoms with Gasteiger partial charge in [0.2, 0.25) is 5.91 Å². The van der Waals surface area contributed by atoms with Gasteiger partial charge in [0.1, 0.15) is 0 Å². The molecule has 0 heterocycles. The Hall–Kier alpha value is -2.37. The molecule has 2 aromatic carbocycles. The van der Waals surface area contributed by atoms with Gasteiger partial charge in [-0.2, -0.15) is 0 Å². The summed E-state index contributed by atoms with van der Waals surface area (Å²) in [7, 11) is 1.57. The number of nitrogens with one attached hydrogen (secondary N) is 2. The Kier molecular flexibility index (Phi) is 6.78. The second-order valence-electron chi connectivity index (χ2n) is 5.15.